The zero-order chi connectivity index (χ0) is 23.1. The van der Waals surface area contributed by atoms with Gasteiger partial charge in [-0.25, -0.2) is 0 Å². The summed E-state index contributed by atoms with van der Waals surface area (Å²) in [6, 6.07) is 12.5. The van der Waals surface area contributed by atoms with Crippen LogP contribution in [0, 0.1) is 6.92 Å². The van der Waals surface area contributed by atoms with E-state index in [1.807, 2.05) is 25.1 Å². The number of hydrogen-bond acceptors (Lipinski definition) is 5. The molecule has 3 rings (SSSR count). The third kappa shape index (κ3) is 6.59. The number of rotatable bonds is 8. The number of nitrogens with one attached hydrogen (secondary N) is 2. The second-order valence-electron chi connectivity index (χ2n) is 6.83. The smallest absolute Gasteiger partial charge is 0.244 e. The first-order valence-corrected chi connectivity index (χ1v) is 11.3. The van der Waals surface area contributed by atoms with E-state index in [2.05, 4.69) is 20.8 Å². The summed E-state index contributed by atoms with van der Waals surface area (Å²) in [5, 5.41) is 15.6. The summed E-state index contributed by atoms with van der Waals surface area (Å²) in [7, 11) is 1.78. The lowest BCUT2D eigenvalue weighted by Crippen LogP contribution is -2.22. The van der Waals surface area contributed by atoms with Crippen molar-refractivity contribution >= 4 is 58.5 Å². The van der Waals surface area contributed by atoms with Gasteiger partial charge in [-0.05, 0) is 48.4 Å². The summed E-state index contributed by atoms with van der Waals surface area (Å²) in [6.07, 6.45) is 3.06. The number of hydrogen-bond donors (Lipinski definition) is 2. The second-order valence-corrected chi connectivity index (χ2v) is 8.61. The van der Waals surface area contributed by atoms with Crippen molar-refractivity contribution in [1.29, 1.82) is 0 Å². The van der Waals surface area contributed by atoms with Gasteiger partial charge in [0, 0.05) is 28.9 Å². The molecule has 0 spiro atoms. The van der Waals surface area contributed by atoms with E-state index in [1.165, 1.54) is 17.8 Å². The molecule has 10 heteroatoms. The van der Waals surface area contributed by atoms with Crippen molar-refractivity contribution < 1.29 is 9.59 Å². The van der Waals surface area contributed by atoms with Crippen LogP contribution >= 0.6 is 35.0 Å². The molecule has 2 aromatic carbocycles. The summed E-state index contributed by atoms with van der Waals surface area (Å²) in [6.45, 7) is 2.08. The summed E-state index contributed by atoms with van der Waals surface area (Å²) in [5.74, 6) is 0.296. The lowest BCUT2D eigenvalue weighted by atomic mass is 10.2. The quantitative estimate of drug-likeness (QED) is 0.359. The third-order valence-corrected chi connectivity index (χ3v) is 6.06. The van der Waals surface area contributed by atoms with Crippen LogP contribution in [0.5, 0.6) is 0 Å². The Kier molecular flexibility index (Phi) is 8.33. The Morgan fingerprint density at radius 2 is 1.94 bits per heavy atom. The lowest BCUT2D eigenvalue weighted by molar-refractivity contribution is -0.116. The van der Waals surface area contributed by atoms with Crippen LogP contribution in [0.2, 0.25) is 10.0 Å². The minimum absolute atomic E-state index is 0.164. The van der Waals surface area contributed by atoms with E-state index in [0.717, 1.165) is 11.1 Å². The maximum Gasteiger partial charge on any atom is 0.244 e. The molecule has 1 aromatic heterocycles. The average molecular weight is 490 g/mol. The molecule has 0 saturated heterocycles. The molecule has 0 aliphatic carbocycles. The number of nitrogens with zero attached hydrogens (tertiary/aromatic N) is 3. The fourth-order valence-corrected chi connectivity index (χ4v) is 3.86. The van der Waals surface area contributed by atoms with Crippen molar-refractivity contribution in [3.05, 3.63) is 75.5 Å². The van der Waals surface area contributed by atoms with Crippen molar-refractivity contribution in [3.8, 4) is 0 Å². The highest BCUT2D eigenvalue weighted by atomic mass is 35.5. The minimum atomic E-state index is -0.278. The van der Waals surface area contributed by atoms with Crippen LogP contribution in [0.15, 0.2) is 53.7 Å². The predicted octanol–water partition coefficient (Wildman–Crippen LogP) is 4.49. The molecule has 0 aliphatic heterocycles. The van der Waals surface area contributed by atoms with E-state index in [-0.39, 0.29) is 24.1 Å². The molecule has 0 unspecified atom stereocenters. The van der Waals surface area contributed by atoms with Gasteiger partial charge in [0.05, 0.1) is 12.3 Å². The zero-order valence-electron chi connectivity index (χ0n) is 17.4. The first-order valence-electron chi connectivity index (χ1n) is 9.61. The highest BCUT2D eigenvalue weighted by Gasteiger charge is 2.13. The highest BCUT2D eigenvalue weighted by molar-refractivity contribution is 7.99. The number of benzene rings is 2. The molecule has 7 nitrogen and oxygen atoms in total. The van der Waals surface area contributed by atoms with Crippen molar-refractivity contribution in [2.45, 2.75) is 18.6 Å². The van der Waals surface area contributed by atoms with Crippen LogP contribution < -0.4 is 10.6 Å². The van der Waals surface area contributed by atoms with Gasteiger partial charge in [-0.3, -0.25) is 9.59 Å². The number of halogens is 2. The largest absolute Gasteiger partial charge is 0.345 e. The molecule has 0 atom stereocenters. The highest BCUT2D eigenvalue weighted by Crippen LogP contribution is 2.21. The van der Waals surface area contributed by atoms with Gasteiger partial charge in [0.1, 0.15) is 0 Å². The first-order chi connectivity index (χ1) is 15.3. The second kappa shape index (κ2) is 11.2. The summed E-state index contributed by atoms with van der Waals surface area (Å²) >= 11 is 13.3. The zero-order valence-corrected chi connectivity index (χ0v) is 19.8. The number of carbonyl (C=O) groups is 2. The maximum absolute atomic E-state index is 12.3. The Bertz CT molecular complexity index is 1160. The molecule has 0 fully saturated rings. The fourth-order valence-electron chi connectivity index (χ4n) is 2.71. The van der Waals surface area contributed by atoms with Gasteiger partial charge in [0.2, 0.25) is 11.8 Å². The summed E-state index contributed by atoms with van der Waals surface area (Å²) < 4.78 is 1.74. The monoisotopic (exact) mass is 489 g/mol. The van der Waals surface area contributed by atoms with E-state index < -0.39 is 0 Å². The van der Waals surface area contributed by atoms with Crippen molar-refractivity contribution in [2.24, 2.45) is 7.05 Å². The molecule has 166 valence electrons. The van der Waals surface area contributed by atoms with Crippen LogP contribution in [0.25, 0.3) is 6.08 Å². The summed E-state index contributed by atoms with van der Waals surface area (Å²) in [4.78, 5) is 24.4. The van der Waals surface area contributed by atoms with Crippen LogP contribution in [0.1, 0.15) is 17.0 Å². The van der Waals surface area contributed by atoms with Crippen molar-refractivity contribution in [2.75, 3.05) is 11.1 Å². The average Bonchev–Trinajstić information content (AvgIpc) is 3.11. The fraction of sp³-hybridized carbons (Fsp3) is 0.182. The molecular weight excluding hydrogens is 469 g/mol. The molecule has 2 N–H and O–H groups in total. The molecule has 0 saturated carbocycles. The van der Waals surface area contributed by atoms with Crippen molar-refractivity contribution in [3.63, 3.8) is 0 Å². The van der Waals surface area contributed by atoms with Gasteiger partial charge < -0.3 is 15.2 Å². The Morgan fingerprint density at radius 1 is 1.16 bits per heavy atom. The van der Waals surface area contributed by atoms with Crippen LogP contribution in [0.3, 0.4) is 0 Å². The first kappa shape index (κ1) is 23.8. The number of anilines is 1. The van der Waals surface area contributed by atoms with E-state index in [0.29, 0.717) is 26.7 Å². The molecular formula is C22H21Cl2N5O2S. The SMILES string of the molecule is Cc1cc(Cl)ccc1NC(=O)CSc1nnc(CNC(=O)/C=C/c2ccccc2Cl)n1C. The van der Waals surface area contributed by atoms with Gasteiger partial charge >= 0.3 is 0 Å². The molecule has 2 amide bonds. The number of thioether (sulfide) groups is 1. The number of aromatic nitrogens is 3. The molecule has 0 radical (unpaired) electrons. The van der Waals surface area contributed by atoms with E-state index >= 15 is 0 Å². The Labute approximate surface area is 200 Å². The molecule has 32 heavy (non-hydrogen) atoms. The maximum atomic E-state index is 12.3. The van der Waals surface area contributed by atoms with Crippen LogP contribution in [-0.4, -0.2) is 32.3 Å². The standard InChI is InChI=1S/C22H21Cl2N5O2S/c1-14-11-16(23)8-9-18(14)26-21(31)13-32-22-28-27-19(29(22)2)12-25-20(30)10-7-15-5-3-4-6-17(15)24/h3-11H,12-13H2,1-2H3,(H,25,30)(H,26,31)/b10-7+. The topological polar surface area (TPSA) is 88.9 Å². The van der Waals surface area contributed by atoms with Crippen LogP contribution in [0.4, 0.5) is 5.69 Å². The molecule has 0 aliphatic rings. The van der Waals surface area contributed by atoms with E-state index in [9.17, 15) is 9.59 Å². The lowest BCUT2D eigenvalue weighted by Gasteiger charge is -2.08. The van der Waals surface area contributed by atoms with Gasteiger partial charge in [-0.2, -0.15) is 0 Å². The Balaban J connectivity index is 1.50. The van der Waals surface area contributed by atoms with Gasteiger partial charge in [-0.15, -0.1) is 10.2 Å². The van der Waals surface area contributed by atoms with Gasteiger partial charge in [-0.1, -0.05) is 53.2 Å². The normalized spacial score (nSPS) is 11.0. The Morgan fingerprint density at radius 3 is 2.69 bits per heavy atom. The number of aryl methyl sites for hydroxylation is 1. The van der Waals surface area contributed by atoms with Gasteiger partial charge in [0.25, 0.3) is 0 Å². The Hall–Kier alpha value is -2.81. The number of carbonyl (C=O) groups excluding carboxylic acids is 2. The molecule has 3 aromatic rings. The third-order valence-electron chi connectivity index (χ3n) is 4.46. The predicted molar refractivity (Wildman–Crippen MR) is 129 cm³/mol. The summed E-state index contributed by atoms with van der Waals surface area (Å²) in [5.41, 5.74) is 2.36. The van der Waals surface area contributed by atoms with E-state index in [4.69, 9.17) is 23.2 Å². The number of amides is 2. The molecule has 0 bridgehead atoms. The molecule has 1 heterocycles. The van der Waals surface area contributed by atoms with Crippen molar-refractivity contribution in [1.82, 2.24) is 20.1 Å². The van der Waals surface area contributed by atoms with Crippen LogP contribution in [-0.2, 0) is 23.2 Å². The minimum Gasteiger partial charge on any atom is -0.345 e. The van der Waals surface area contributed by atoms with E-state index in [1.54, 1.807) is 42.0 Å². The van der Waals surface area contributed by atoms with Gasteiger partial charge in [0.15, 0.2) is 11.0 Å².